The normalized spacial score (nSPS) is 11.8. The van der Waals surface area contributed by atoms with Crippen molar-refractivity contribution in [3.8, 4) is 5.75 Å². The number of phenolic OH excluding ortho intramolecular Hbond substituents is 1. The Morgan fingerprint density at radius 3 is 2.59 bits per heavy atom. The van der Waals surface area contributed by atoms with E-state index in [-0.39, 0.29) is 5.75 Å². The average Bonchev–Trinajstić information content (AvgIpc) is 2.13. The van der Waals surface area contributed by atoms with Crippen molar-refractivity contribution in [1.82, 2.24) is 0 Å². The van der Waals surface area contributed by atoms with Crippen LogP contribution in [0.2, 0.25) is 0 Å². The molecule has 17 heavy (non-hydrogen) atoms. The molecule has 0 saturated carbocycles. The quantitative estimate of drug-likeness (QED) is 0.636. The summed E-state index contributed by atoms with van der Waals surface area (Å²) in [5.74, 6) is -1.26. The van der Waals surface area contributed by atoms with Crippen molar-refractivity contribution in [3.05, 3.63) is 35.7 Å². The number of esters is 1. The maximum absolute atomic E-state index is 12.7. The Morgan fingerprint density at radius 1 is 1.41 bits per heavy atom. The van der Waals surface area contributed by atoms with Crippen LogP contribution in [0.4, 0.5) is 4.39 Å². The maximum atomic E-state index is 12.7. The molecule has 1 aromatic carbocycles. The van der Waals surface area contributed by atoms with Gasteiger partial charge in [0.05, 0.1) is 0 Å². The summed E-state index contributed by atoms with van der Waals surface area (Å²) < 4.78 is 17.7. The highest BCUT2D eigenvalue weighted by Gasteiger charge is 2.13. The molecule has 0 heterocycles. The second-order valence-electron chi connectivity index (χ2n) is 4.57. The lowest BCUT2D eigenvalue weighted by Gasteiger charge is -2.17. The molecule has 92 valence electrons. The number of rotatable bonds is 2. The van der Waals surface area contributed by atoms with Crippen LogP contribution in [0.25, 0.3) is 6.08 Å². The predicted octanol–water partition coefficient (Wildman–Crippen LogP) is 2.89. The van der Waals surface area contributed by atoms with E-state index in [9.17, 15) is 14.3 Å². The summed E-state index contributed by atoms with van der Waals surface area (Å²) in [6.07, 6.45) is 2.57. The number of aromatic hydroxyl groups is 1. The molecular weight excluding hydrogens is 223 g/mol. The van der Waals surface area contributed by atoms with Gasteiger partial charge in [0.1, 0.15) is 17.2 Å². The highest BCUT2D eigenvalue weighted by atomic mass is 19.1. The number of carbonyl (C=O) groups excluding carboxylic acids is 1. The molecule has 4 heteroatoms. The van der Waals surface area contributed by atoms with Crippen LogP contribution in [0.15, 0.2) is 24.3 Å². The number of carbonyl (C=O) groups is 1. The van der Waals surface area contributed by atoms with E-state index >= 15 is 0 Å². The van der Waals surface area contributed by atoms with Crippen LogP contribution in [0.3, 0.4) is 0 Å². The van der Waals surface area contributed by atoms with Gasteiger partial charge >= 0.3 is 5.97 Å². The topological polar surface area (TPSA) is 46.5 Å². The van der Waals surface area contributed by atoms with E-state index in [1.807, 2.05) is 0 Å². The minimum Gasteiger partial charge on any atom is -0.507 e. The molecular formula is C13H15FO3. The maximum Gasteiger partial charge on any atom is 0.331 e. The Bertz CT molecular complexity index is 444. The summed E-state index contributed by atoms with van der Waals surface area (Å²) in [5, 5.41) is 9.39. The third-order valence-electron chi connectivity index (χ3n) is 1.80. The van der Waals surface area contributed by atoms with Gasteiger partial charge in [-0.05, 0) is 39.0 Å². The standard InChI is InChI=1S/C13H15FO3/c1-13(2,3)17-12(16)7-5-9-4-6-10(14)8-11(9)15/h4-8,15H,1-3H3. The first-order valence-corrected chi connectivity index (χ1v) is 5.17. The fraction of sp³-hybridized carbons (Fsp3) is 0.308. The van der Waals surface area contributed by atoms with Crippen molar-refractivity contribution < 1.29 is 19.0 Å². The van der Waals surface area contributed by atoms with Crippen LogP contribution >= 0.6 is 0 Å². The monoisotopic (exact) mass is 238 g/mol. The Kier molecular flexibility index (Phi) is 3.89. The number of benzene rings is 1. The predicted molar refractivity (Wildman–Crippen MR) is 62.9 cm³/mol. The number of halogens is 1. The minimum atomic E-state index is -0.563. The van der Waals surface area contributed by atoms with Crippen LogP contribution in [0, 0.1) is 5.82 Å². The van der Waals surface area contributed by atoms with Gasteiger partial charge in [-0.15, -0.1) is 0 Å². The van der Waals surface area contributed by atoms with E-state index in [4.69, 9.17) is 4.74 Å². The molecule has 0 aromatic heterocycles. The summed E-state index contributed by atoms with van der Waals surface area (Å²) in [5.41, 5.74) is -0.205. The van der Waals surface area contributed by atoms with Crippen LogP contribution in [-0.4, -0.2) is 16.7 Å². The van der Waals surface area contributed by atoms with Crippen molar-refractivity contribution >= 4 is 12.0 Å². The molecule has 0 bridgehead atoms. The second-order valence-corrected chi connectivity index (χ2v) is 4.57. The van der Waals surface area contributed by atoms with Gasteiger partial charge in [-0.1, -0.05) is 0 Å². The summed E-state index contributed by atoms with van der Waals surface area (Å²) in [6, 6.07) is 3.56. The number of hydrogen-bond donors (Lipinski definition) is 1. The molecule has 0 aliphatic rings. The number of ether oxygens (including phenoxy) is 1. The summed E-state index contributed by atoms with van der Waals surface area (Å²) >= 11 is 0. The molecule has 0 aliphatic carbocycles. The van der Waals surface area contributed by atoms with E-state index in [0.29, 0.717) is 5.56 Å². The molecule has 0 unspecified atom stereocenters. The third-order valence-corrected chi connectivity index (χ3v) is 1.80. The number of phenols is 1. The molecule has 0 aliphatic heterocycles. The summed E-state index contributed by atoms with van der Waals surface area (Å²) in [7, 11) is 0. The van der Waals surface area contributed by atoms with Crippen molar-refractivity contribution in [2.24, 2.45) is 0 Å². The van der Waals surface area contributed by atoms with Crippen LogP contribution in [-0.2, 0) is 9.53 Å². The zero-order valence-corrected chi connectivity index (χ0v) is 10.0. The molecule has 0 amide bonds. The van der Waals surface area contributed by atoms with Crippen LogP contribution in [0.5, 0.6) is 5.75 Å². The zero-order chi connectivity index (χ0) is 13.1. The van der Waals surface area contributed by atoms with Crippen molar-refractivity contribution in [2.75, 3.05) is 0 Å². The Labute approximate surface area is 99.5 Å². The second kappa shape index (κ2) is 4.99. The Hall–Kier alpha value is -1.84. The van der Waals surface area contributed by atoms with Gasteiger partial charge in [0.15, 0.2) is 0 Å². The first-order valence-electron chi connectivity index (χ1n) is 5.17. The SMILES string of the molecule is CC(C)(C)OC(=O)C=Cc1ccc(F)cc1O. The van der Waals surface area contributed by atoms with Gasteiger partial charge in [0, 0.05) is 17.7 Å². The molecule has 0 atom stereocenters. The molecule has 3 nitrogen and oxygen atoms in total. The average molecular weight is 238 g/mol. The lowest BCUT2D eigenvalue weighted by Crippen LogP contribution is -2.22. The van der Waals surface area contributed by atoms with E-state index in [1.54, 1.807) is 20.8 Å². The van der Waals surface area contributed by atoms with Gasteiger partial charge in [-0.3, -0.25) is 0 Å². The first-order chi connectivity index (χ1) is 7.78. The van der Waals surface area contributed by atoms with Crippen molar-refractivity contribution in [3.63, 3.8) is 0 Å². The fourth-order valence-corrected chi connectivity index (χ4v) is 1.15. The molecule has 1 N–H and O–H groups in total. The lowest BCUT2D eigenvalue weighted by atomic mass is 10.1. The number of hydrogen-bond acceptors (Lipinski definition) is 3. The summed E-state index contributed by atoms with van der Waals surface area (Å²) in [4.78, 5) is 11.3. The highest BCUT2D eigenvalue weighted by molar-refractivity contribution is 5.87. The molecule has 0 fully saturated rings. The molecule has 1 aromatic rings. The van der Waals surface area contributed by atoms with Crippen LogP contribution < -0.4 is 0 Å². The van der Waals surface area contributed by atoms with E-state index in [1.165, 1.54) is 24.3 Å². The fourth-order valence-electron chi connectivity index (χ4n) is 1.15. The van der Waals surface area contributed by atoms with E-state index in [0.717, 1.165) is 6.07 Å². The van der Waals surface area contributed by atoms with Gasteiger partial charge < -0.3 is 9.84 Å². The third kappa shape index (κ3) is 4.68. The largest absolute Gasteiger partial charge is 0.507 e. The van der Waals surface area contributed by atoms with Gasteiger partial charge in [-0.25, -0.2) is 9.18 Å². The molecule has 0 spiro atoms. The zero-order valence-electron chi connectivity index (χ0n) is 10.0. The lowest BCUT2D eigenvalue weighted by molar-refractivity contribution is -0.148. The molecule has 0 radical (unpaired) electrons. The Morgan fingerprint density at radius 2 is 2.06 bits per heavy atom. The van der Waals surface area contributed by atoms with E-state index < -0.39 is 17.4 Å². The van der Waals surface area contributed by atoms with Gasteiger partial charge in [-0.2, -0.15) is 0 Å². The molecule has 1 rings (SSSR count). The van der Waals surface area contributed by atoms with Gasteiger partial charge in [0.25, 0.3) is 0 Å². The Balaban J connectivity index is 2.74. The molecule has 0 saturated heterocycles. The first kappa shape index (κ1) is 13.2. The van der Waals surface area contributed by atoms with Crippen LogP contribution in [0.1, 0.15) is 26.3 Å². The minimum absolute atomic E-state index is 0.218. The summed E-state index contributed by atoms with van der Waals surface area (Å²) in [6.45, 7) is 5.27. The van der Waals surface area contributed by atoms with Gasteiger partial charge in [0.2, 0.25) is 0 Å². The van der Waals surface area contributed by atoms with Crippen molar-refractivity contribution in [2.45, 2.75) is 26.4 Å². The van der Waals surface area contributed by atoms with Crippen molar-refractivity contribution in [1.29, 1.82) is 0 Å². The van der Waals surface area contributed by atoms with E-state index in [2.05, 4.69) is 0 Å². The smallest absolute Gasteiger partial charge is 0.331 e. The highest BCUT2D eigenvalue weighted by Crippen LogP contribution is 2.19.